The lowest BCUT2D eigenvalue weighted by Crippen LogP contribution is -2.06. The molecule has 0 rings (SSSR count). The molecule has 90 valence electrons. The number of carbonyl (C=O) groups is 1. The van der Waals surface area contributed by atoms with Crippen LogP contribution in [-0.2, 0) is 9.53 Å². The summed E-state index contributed by atoms with van der Waals surface area (Å²) in [6, 6.07) is 0. The lowest BCUT2D eigenvalue weighted by molar-refractivity contribution is -0.143. The van der Waals surface area contributed by atoms with E-state index in [9.17, 15) is 4.79 Å². The van der Waals surface area contributed by atoms with Crippen LogP contribution in [0.4, 0.5) is 0 Å². The fourth-order valence-corrected chi connectivity index (χ4v) is 2.04. The van der Waals surface area contributed by atoms with Gasteiger partial charge in [-0.25, -0.2) is 0 Å². The lowest BCUT2D eigenvalue weighted by Gasteiger charge is -2.03. The van der Waals surface area contributed by atoms with Crippen molar-refractivity contribution in [1.29, 1.82) is 0 Å². The van der Waals surface area contributed by atoms with Crippen molar-refractivity contribution in [1.82, 2.24) is 0 Å². The molecule has 0 heterocycles. The molecule has 0 aromatic carbocycles. The maximum Gasteiger partial charge on any atom is 0.306 e. The molecule has 0 aromatic rings. The molecule has 0 spiro atoms. The number of rotatable bonds is 10. The molecule has 0 bridgehead atoms. The molecule has 2 nitrogen and oxygen atoms in total. The Labute approximate surface area is 98.2 Å². The minimum absolute atomic E-state index is 0.0357. The van der Waals surface area contributed by atoms with Crippen molar-refractivity contribution in [3.63, 3.8) is 0 Å². The molecule has 3 heteroatoms. The van der Waals surface area contributed by atoms with E-state index in [0.29, 0.717) is 13.0 Å². The van der Waals surface area contributed by atoms with Gasteiger partial charge in [-0.05, 0) is 18.6 Å². The van der Waals surface area contributed by atoms with Crippen LogP contribution in [0.3, 0.4) is 0 Å². The number of carbonyl (C=O) groups excluding carboxylic acids is 1. The second kappa shape index (κ2) is 11.9. The van der Waals surface area contributed by atoms with Crippen molar-refractivity contribution in [3.8, 4) is 0 Å². The predicted molar refractivity (Wildman–Crippen MR) is 67.3 cm³/mol. The van der Waals surface area contributed by atoms with Crippen LogP contribution in [0.1, 0.15) is 52.4 Å². The normalized spacial score (nSPS) is 10.3. The molecule has 0 unspecified atom stereocenters. The fraction of sp³-hybridized carbons (Fsp3) is 0.917. The van der Waals surface area contributed by atoms with Gasteiger partial charge in [0.05, 0.1) is 13.0 Å². The van der Waals surface area contributed by atoms with E-state index < -0.39 is 0 Å². The fourth-order valence-electron chi connectivity index (χ4n) is 1.11. The number of hydrogen-bond donors (Lipinski definition) is 0. The molecule has 0 saturated heterocycles. The molecule has 15 heavy (non-hydrogen) atoms. The monoisotopic (exact) mass is 232 g/mol. The third kappa shape index (κ3) is 11.7. The molecule has 0 fully saturated rings. The molecule has 0 aliphatic carbocycles. The van der Waals surface area contributed by atoms with Crippen molar-refractivity contribution in [3.05, 3.63) is 0 Å². The van der Waals surface area contributed by atoms with Crippen LogP contribution in [0.25, 0.3) is 0 Å². The zero-order valence-electron chi connectivity index (χ0n) is 10.1. The first-order chi connectivity index (χ1) is 7.31. The van der Waals surface area contributed by atoms with Crippen molar-refractivity contribution >= 4 is 17.7 Å². The van der Waals surface area contributed by atoms with Crippen LogP contribution in [0, 0.1) is 0 Å². The smallest absolute Gasteiger partial charge is 0.306 e. The van der Waals surface area contributed by atoms with Crippen LogP contribution in [0.2, 0.25) is 0 Å². The molecular weight excluding hydrogens is 208 g/mol. The van der Waals surface area contributed by atoms with Gasteiger partial charge >= 0.3 is 5.97 Å². The average molecular weight is 232 g/mol. The molecular formula is C12H24O2S. The van der Waals surface area contributed by atoms with E-state index in [2.05, 4.69) is 13.8 Å². The second-order valence-corrected chi connectivity index (χ2v) is 4.87. The zero-order chi connectivity index (χ0) is 11.4. The summed E-state index contributed by atoms with van der Waals surface area (Å²) >= 11 is 1.86. The summed E-state index contributed by atoms with van der Waals surface area (Å²) in [5, 5.41) is 0. The van der Waals surface area contributed by atoms with E-state index in [4.69, 9.17) is 4.74 Å². The molecule has 0 atom stereocenters. The van der Waals surface area contributed by atoms with Gasteiger partial charge < -0.3 is 4.74 Å². The van der Waals surface area contributed by atoms with E-state index in [-0.39, 0.29) is 5.97 Å². The van der Waals surface area contributed by atoms with E-state index in [0.717, 1.165) is 18.6 Å². The Hall–Kier alpha value is -0.180. The maximum absolute atomic E-state index is 11.2. The largest absolute Gasteiger partial charge is 0.466 e. The summed E-state index contributed by atoms with van der Waals surface area (Å²) < 4.78 is 5.06. The van der Waals surface area contributed by atoms with Crippen LogP contribution < -0.4 is 0 Å². The van der Waals surface area contributed by atoms with Crippen LogP contribution in [0.15, 0.2) is 0 Å². The summed E-state index contributed by atoms with van der Waals surface area (Å²) in [6.07, 6.45) is 6.47. The number of unbranched alkanes of at least 4 members (excludes halogenated alkanes) is 3. The Morgan fingerprint density at radius 2 is 1.80 bits per heavy atom. The first-order valence-electron chi connectivity index (χ1n) is 6.04. The third-order valence-electron chi connectivity index (χ3n) is 2.10. The number of thioether (sulfide) groups is 1. The highest BCUT2D eigenvalue weighted by Gasteiger charge is 2.01. The van der Waals surface area contributed by atoms with Crippen LogP contribution in [0.5, 0.6) is 0 Å². The van der Waals surface area contributed by atoms with Gasteiger partial charge in [-0.3, -0.25) is 4.79 Å². The summed E-state index contributed by atoms with van der Waals surface area (Å²) in [7, 11) is 0. The van der Waals surface area contributed by atoms with Gasteiger partial charge in [-0.1, -0.05) is 33.1 Å². The zero-order valence-corrected chi connectivity index (χ0v) is 10.9. The molecule has 0 aliphatic heterocycles. The Bertz CT molecular complexity index is 149. The van der Waals surface area contributed by atoms with Crippen molar-refractivity contribution < 1.29 is 9.53 Å². The summed E-state index contributed by atoms with van der Waals surface area (Å²) in [6.45, 7) is 4.89. The van der Waals surface area contributed by atoms with Crippen molar-refractivity contribution in [2.24, 2.45) is 0 Å². The number of esters is 1. The first-order valence-corrected chi connectivity index (χ1v) is 7.20. The average Bonchev–Trinajstić information content (AvgIpc) is 2.23. The molecule has 0 radical (unpaired) electrons. The maximum atomic E-state index is 11.2. The molecule has 0 N–H and O–H groups in total. The lowest BCUT2D eigenvalue weighted by atomic mass is 10.3. The highest BCUT2D eigenvalue weighted by atomic mass is 32.2. The minimum Gasteiger partial charge on any atom is -0.466 e. The number of ether oxygens (including phenoxy) is 1. The van der Waals surface area contributed by atoms with E-state index in [1.165, 1.54) is 25.0 Å². The molecule has 0 aromatic heterocycles. The standard InChI is InChI=1S/C12H24O2S/c1-3-5-7-10-15-11-8-12(13)14-9-6-4-2/h3-11H2,1-2H3. The Morgan fingerprint density at radius 3 is 2.47 bits per heavy atom. The quantitative estimate of drug-likeness (QED) is 0.425. The van der Waals surface area contributed by atoms with Crippen molar-refractivity contribution in [2.45, 2.75) is 52.4 Å². The number of hydrogen-bond acceptors (Lipinski definition) is 3. The topological polar surface area (TPSA) is 26.3 Å². The second-order valence-electron chi connectivity index (χ2n) is 3.64. The van der Waals surface area contributed by atoms with Gasteiger partial charge in [0.15, 0.2) is 0 Å². The van der Waals surface area contributed by atoms with E-state index >= 15 is 0 Å². The Kier molecular flexibility index (Phi) is 11.7. The third-order valence-corrected chi connectivity index (χ3v) is 3.17. The van der Waals surface area contributed by atoms with Gasteiger partial charge in [-0.15, -0.1) is 0 Å². The summed E-state index contributed by atoms with van der Waals surface area (Å²) in [5.74, 6) is 2.05. The van der Waals surface area contributed by atoms with Gasteiger partial charge in [0.25, 0.3) is 0 Å². The first kappa shape index (κ1) is 14.8. The summed E-state index contributed by atoms with van der Waals surface area (Å²) in [5.41, 5.74) is 0. The van der Waals surface area contributed by atoms with E-state index in [1.54, 1.807) is 0 Å². The Balaban J connectivity index is 3.10. The summed E-state index contributed by atoms with van der Waals surface area (Å²) in [4.78, 5) is 11.2. The highest BCUT2D eigenvalue weighted by Crippen LogP contribution is 2.08. The predicted octanol–water partition coefficient (Wildman–Crippen LogP) is 3.64. The molecule has 0 aliphatic rings. The van der Waals surface area contributed by atoms with Crippen LogP contribution in [-0.4, -0.2) is 24.1 Å². The SMILES string of the molecule is CCCCCSCCC(=O)OCCCC. The van der Waals surface area contributed by atoms with Gasteiger partial charge in [-0.2, -0.15) is 11.8 Å². The van der Waals surface area contributed by atoms with Gasteiger partial charge in [0, 0.05) is 5.75 Å². The minimum atomic E-state index is -0.0357. The molecule has 0 saturated carbocycles. The van der Waals surface area contributed by atoms with Crippen LogP contribution >= 0.6 is 11.8 Å². The van der Waals surface area contributed by atoms with Gasteiger partial charge in [0.2, 0.25) is 0 Å². The molecule has 0 amide bonds. The van der Waals surface area contributed by atoms with E-state index in [1.807, 2.05) is 11.8 Å². The van der Waals surface area contributed by atoms with Crippen molar-refractivity contribution in [2.75, 3.05) is 18.1 Å². The van der Waals surface area contributed by atoms with Gasteiger partial charge in [0.1, 0.15) is 0 Å². The Morgan fingerprint density at radius 1 is 1.07 bits per heavy atom. The highest BCUT2D eigenvalue weighted by molar-refractivity contribution is 7.99.